The van der Waals surface area contributed by atoms with Crippen molar-refractivity contribution in [1.82, 2.24) is 9.55 Å². The molecule has 0 aliphatic rings. The molecule has 5 heteroatoms. The van der Waals surface area contributed by atoms with Gasteiger partial charge in [-0.25, -0.2) is 4.98 Å². The third-order valence-corrected chi connectivity index (χ3v) is 2.50. The summed E-state index contributed by atoms with van der Waals surface area (Å²) in [6.45, 7) is 4.26. The van der Waals surface area contributed by atoms with Gasteiger partial charge in [-0.1, -0.05) is 0 Å². The van der Waals surface area contributed by atoms with Crippen LogP contribution in [0.25, 0.3) is 0 Å². The average molecular weight is 246 g/mol. The monoisotopic (exact) mass is 246 g/mol. The van der Waals surface area contributed by atoms with Gasteiger partial charge in [0.1, 0.15) is 5.75 Å². The van der Waals surface area contributed by atoms with Crippen LogP contribution in [0.2, 0.25) is 0 Å². The highest BCUT2D eigenvalue weighted by Gasteiger charge is 1.99. The van der Waals surface area contributed by atoms with Crippen molar-refractivity contribution in [2.45, 2.75) is 13.5 Å². The summed E-state index contributed by atoms with van der Waals surface area (Å²) in [5.74, 6) is 0.794. The van der Waals surface area contributed by atoms with Crippen LogP contribution in [-0.2, 0) is 6.54 Å². The Morgan fingerprint density at radius 2 is 2.28 bits per heavy atom. The SMILES string of the molecule is CCOc1cc(N)cc(NCCn2ccnc2)c1. The molecule has 0 atom stereocenters. The first kappa shape index (κ1) is 12.3. The molecular weight excluding hydrogens is 228 g/mol. The number of nitrogens with zero attached hydrogens (tertiary/aromatic N) is 2. The Bertz CT molecular complexity index is 482. The molecule has 0 aliphatic carbocycles. The summed E-state index contributed by atoms with van der Waals surface area (Å²) < 4.78 is 7.46. The summed E-state index contributed by atoms with van der Waals surface area (Å²) in [4.78, 5) is 4.00. The van der Waals surface area contributed by atoms with Gasteiger partial charge in [0.2, 0.25) is 0 Å². The first-order chi connectivity index (χ1) is 8.78. The molecule has 3 N–H and O–H groups in total. The van der Waals surface area contributed by atoms with E-state index in [4.69, 9.17) is 10.5 Å². The lowest BCUT2D eigenvalue weighted by Gasteiger charge is -2.10. The predicted molar refractivity (Wildman–Crippen MR) is 72.7 cm³/mol. The number of ether oxygens (including phenoxy) is 1. The highest BCUT2D eigenvalue weighted by molar-refractivity contribution is 5.59. The van der Waals surface area contributed by atoms with Gasteiger partial charge in [0, 0.05) is 49.0 Å². The maximum Gasteiger partial charge on any atom is 0.123 e. The fourth-order valence-electron chi connectivity index (χ4n) is 1.72. The number of nitrogens with two attached hydrogens (primary N) is 1. The quantitative estimate of drug-likeness (QED) is 0.765. The molecule has 0 aliphatic heterocycles. The van der Waals surface area contributed by atoms with E-state index >= 15 is 0 Å². The van der Waals surface area contributed by atoms with Crippen LogP contribution in [0, 0.1) is 0 Å². The Balaban J connectivity index is 1.92. The predicted octanol–water partition coefficient (Wildman–Crippen LogP) is 1.98. The van der Waals surface area contributed by atoms with Gasteiger partial charge in [-0.05, 0) is 13.0 Å². The first-order valence-electron chi connectivity index (χ1n) is 6.01. The van der Waals surface area contributed by atoms with Crippen LogP contribution in [0.1, 0.15) is 6.92 Å². The standard InChI is InChI=1S/C13H18N4O/c1-2-18-13-8-11(14)7-12(9-13)16-4-6-17-5-3-15-10-17/h3,5,7-10,16H,2,4,6,14H2,1H3. The Morgan fingerprint density at radius 1 is 1.39 bits per heavy atom. The number of hydrogen-bond donors (Lipinski definition) is 2. The van der Waals surface area contributed by atoms with E-state index in [0.29, 0.717) is 12.3 Å². The van der Waals surface area contributed by atoms with Crippen molar-refractivity contribution >= 4 is 11.4 Å². The van der Waals surface area contributed by atoms with Crippen LogP contribution in [0.15, 0.2) is 36.9 Å². The third-order valence-electron chi connectivity index (χ3n) is 2.50. The molecule has 0 spiro atoms. The maximum atomic E-state index is 5.82. The second-order valence-electron chi connectivity index (χ2n) is 3.95. The van der Waals surface area contributed by atoms with Gasteiger partial charge < -0.3 is 20.4 Å². The molecule has 2 aromatic rings. The Hall–Kier alpha value is -2.17. The molecule has 0 saturated heterocycles. The number of rotatable bonds is 6. The molecule has 0 fully saturated rings. The van der Waals surface area contributed by atoms with E-state index in [1.165, 1.54) is 0 Å². The summed E-state index contributed by atoms with van der Waals surface area (Å²) in [6.07, 6.45) is 5.51. The van der Waals surface area contributed by atoms with E-state index in [-0.39, 0.29) is 0 Å². The topological polar surface area (TPSA) is 65.1 Å². The molecule has 1 heterocycles. The molecule has 0 bridgehead atoms. The highest BCUT2D eigenvalue weighted by Crippen LogP contribution is 2.22. The fraction of sp³-hybridized carbons (Fsp3) is 0.308. The zero-order chi connectivity index (χ0) is 12.8. The summed E-state index contributed by atoms with van der Waals surface area (Å²) in [5.41, 5.74) is 7.49. The van der Waals surface area contributed by atoms with Crippen molar-refractivity contribution < 1.29 is 4.74 Å². The molecular formula is C13H18N4O. The number of imidazole rings is 1. The van der Waals surface area contributed by atoms with Gasteiger partial charge in [-0.3, -0.25) is 0 Å². The number of nitrogens with one attached hydrogen (secondary N) is 1. The maximum absolute atomic E-state index is 5.82. The van der Waals surface area contributed by atoms with Crippen LogP contribution in [-0.4, -0.2) is 22.7 Å². The van der Waals surface area contributed by atoms with Crippen molar-refractivity contribution in [3.8, 4) is 5.75 Å². The smallest absolute Gasteiger partial charge is 0.123 e. The van der Waals surface area contributed by atoms with Crippen LogP contribution in [0.3, 0.4) is 0 Å². The normalized spacial score (nSPS) is 10.3. The van der Waals surface area contributed by atoms with E-state index in [0.717, 1.165) is 24.5 Å². The zero-order valence-corrected chi connectivity index (χ0v) is 10.5. The fourth-order valence-corrected chi connectivity index (χ4v) is 1.72. The van der Waals surface area contributed by atoms with E-state index in [2.05, 4.69) is 10.3 Å². The molecule has 18 heavy (non-hydrogen) atoms. The summed E-state index contributed by atoms with van der Waals surface area (Å²) in [6, 6.07) is 5.68. The molecule has 1 aromatic heterocycles. The number of aromatic nitrogens is 2. The van der Waals surface area contributed by atoms with Gasteiger partial charge in [-0.2, -0.15) is 0 Å². The van der Waals surface area contributed by atoms with Gasteiger partial charge in [0.05, 0.1) is 12.9 Å². The molecule has 1 aromatic carbocycles. The molecule has 2 rings (SSSR count). The number of anilines is 2. The summed E-state index contributed by atoms with van der Waals surface area (Å²) >= 11 is 0. The molecule has 0 amide bonds. The molecule has 0 unspecified atom stereocenters. The van der Waals surface area contributed by atoms with Crippen LogP contribution in [0.5, 0.6) is 5.75 Å². The van der Waals surface area contributed by atoms with Crippen molar-refractivity contribution in [2.24, 2.45) is 0 Å². The number of hydrogen-bond acceptors (Lipinski definition) is 4. The van der Waals surface area contributed by atoms with Gasteiger partial charge in [0.25, 0.3) is 0 Å². The van der Waals surface area contributed by atoms with Crippen LogP contribution in [0.4, 0.5) is 11.4 Å². The van der Waals surface area contributed by atoms with Gasteiger partial charge in [-0.15, -0.1) is 0 Å². The molecule has 96 valence electrons. The minimum Gasteiger partial charge on any atom is -0.494 e. The lowest BCUT2D eigenvalue weighted by atomic mass is 10.2. The Labute approximate surface area is 107 Å². The number of benzene rings is 1. The molecule has 0 saturated carbocycles. The minimum absolute atomic E-state index is 0.637. The second kappa shape index (κ2) is 5.95. The lowest BCUT2D eigenvalue weighted by Crippen LogP contribution is -2.09. The molecule has 5 nitrogen and oxygen atoms in total. The van der Waals surface area contributed by atoms with Gasteiger partial charge >= 0.3 is 0 Å². The van der Waals surface area contributed by atoms with Gasteiger partial charge in [0.15, 0.2) is 0 Å². The average Bonchev–Trinajstić information content (AvgIpc) is 2.82. The van der Waals surface area contributed by atoms with E-state index < -0.39 is 0 Å². The largest absolute Gasteiger partial charge is 0.494 e. The van der Waals surface area contributed by atoms with Crippen molar-refractivity contribution in [3.05, 3.63) is 36.9 Å². The van der Waals surface area contributed by atoms with E-state index in [1.54, 1.807) is 12.5 Å². The summed E-state index contributed by atoms with van der Waals surface area (Å²) in [7, 11) is 0. The van der Waals surface area contributed by atoms with Crippen molar-refractivity contribution in [2.75, 3.05) is 24.2 Å². The van der Waals surface area contributed by atoms with E-state index in [9.17, 15) is 0 Å². The molecule has 0 radical (unpaired) electrons. The van der Waals surface area contributed by atoms with Crippen LogP contribution < -0.4 is 15.8 Å². The second-order valence-corrected chi connectivity index (χ2v) is 3.95. The summed E-state index contributed by atoms with van der Waals surface area (Å²) in [5, 5.41) is 3.31. The lowest BCUT2D eigenvalue weighted by molar-refractivity contribution is 0.340. The number of nitrogen functional groups attached to an aromatic ring is 1. The zero-order valence-electron chi connectivity index (χ0n) is 10.5. The minimum atomic E-state index is 0.637. The van der Waals surface area contributed by atoms with Crippen molar-refractivity contribution in [3.63, 3.8) is 0 Å². The first-order valence-corrected chi connectivity index (χ1v) is 6.01. The Kier molecular flexibility index (Phi) is 4.06. The van der Waals surface area contributed by atoms with Crippen LogP contribution >= 0.6 is 0 Å². The highest BCUT2D eigenvalue weighted by atomic mass is 16.5. The van der Waals surface area contributed by atoms with E-state index in [1.807, 2.05) is 35.9 Å². The van der Waals surface area contributed by atoms with Crippen molar-refractivity contribution in [1.29, 1.82) is 0 Å². The Morgan fingerprint density at radius 3 is 3.00 bits per heavy atom. The third kappa shape index (κ3) is 3.41.